The number of hydrogen-bond acceptors (Lipinski definition) is 4. The van der Waals surface area contributed by atoms with Crippen LogP contribution in [0.5, 0.6) is 0 Å². The molecular weight excluding hydrogens is 290 g/mol. The average Bonchev–Trinajstić information content (AvgIpc) is 2.50. The van der Waals surface area contributed by atoms with E-state index in [1.807, 2.05) is 0 Å². The third kappa shape index (κ3) is 3.44. The molecule has 1 aliphatic rings. The number of aromatic amines is 1. The normalized spacial score (nSPS) is 18.2. The Bertz CT molecular complexity index is 690. The van der Waals surface area contributed by atoms with Crippen molar-refractivity contribution in [3.63, 3.8) is 0 Å². The summed E-state index contributed by atoms with van der Waals surface area (Å²) in [6, 6.07) is 0. The van der Waals surface area contributed by atoms with Gasteiger partial charge in [-0.1, -0.05) is 0 Å². The first-order valence-corrected chi connectivity index (χ1v) is 7.20. The number of hydrogen-bond donors (Lipinski definition) is 2. The number of carboxylic acids is 1. The van der Waals surface area contributed by atoms with Crippen LogP contribution in [0.3, 0.4) is 0 Å². The number of nitrogens with one attached hydrogen (secondary N) is 1. The number of amides is 1. The molecule has 2 rings (SSSR count). The number of carbonyl (C=O) groups excluding carboxylic acids is 1. The molecule has 1 unspecified atom stereocenters. The molecule has 0 radical (unpaired) electrons. The van der Waals surface area contributed by atoms with Crippen molar-refractivity contribution in [3.8, 4) is 0 Å². The second kappa shape index (κ2) is 6.59. The van der Waals surface area contributed by atoms with Crippen LogP contribution in [0, 0.1) is 5.92 Å². The van der Waals surface area contributed by atoms with Gasteiger partial charge in [-0.3, -0.25) is 19.0 Å². The number of H-pyrrole nitrogens is 1. The number of aliphatic carboxylic acids is 1. The summed E-state index contributed by atoms with van der Waals surface area (Å²) in [5.74, 6) is -1.14. The Balaban J connectivity index is 2.12. The smallest absolute Gasteiger partial charge is 0.328 e. The Morgan fingerprint density at radius 3 is 2.82 bits per heavy atom. The predicted molar refractivity (Wildman–Crippen MR) is 77.8 cm³/mol. The summed E-state index contributed by atoms with van der Waals surface area (Å²) in [6.07, 6.45) is 3.39. The lowest BCUT2D eigenvalue weighted by Crippen LogP contribution is -2.44. The van der Waals surface area contributed by atoms with Crippen LogP contribution < -0.4 is 11.2 Å². The van der Waals surface area contributed by atoms with Gasteiger partial charge in [-0.25, -0.2) is 4.79 Å². The highest BCUT2D eigenvalue weighted by Gasteiger charge is 2.26. The molecule has 1 aromatic rings. The lowest BCUT2D eigenvalue weighted by Gasteiger charge is -2.32. The lowest BCUT2D eigenvalue weighted by atomic mass is 9.93. The summed E-state index contributed by atoms with van der Waals surface area (Å²) in [6.45, 7) is 0.971. The van der Waals surface area contributed by atoms with E-state index in [0.717, 1.165) is 23.6 Å². The van der Waals surface area contributed by atoms with E-state index in [4.69, 9.17) is 5.11 Å². The van der Waals surface area contributed by atoms with E-state index in [9.17, 15) is 19.2 Å². The van der Waals surface area contributed by atoms with Crippen molar-refractivity contribution in [2.75, 3.05) is 13.1 Å². The SMILES string of the molecule is Cn1c(=O)[nH]cc(C(=O)N2CCCC(CCC(=O)O)C2)c1=O. The summed E-state index contributed by atoms with van der Waals surface area (Å²) >= 11 is 0. The van der Waals surface area contributed by atoms with E-state index in [1.165, 1.54) is 7.05 Å². The number of rotatable bonds is 4. The fraction of sp³-hybridized carbons (Fsp3) is 0.571. The minimum atomic E-state index is -0.849. The van der Waals surface area contributed by atoms with Gasteiger partial charge in [0.25, 0.3) is 11.5 Å². The molecule has 0 aliphatic carbocycles. The molecule has 2 heterocycles. The Morgan fingerprint density at radius 1 is 1.41 bits per heavy atom. The van der Waals surface area contributed by atoms with Crippen LogP contribution >= 0.6 is 0 Å². The van der Waals surface area contributed by atoms with Crippen molar-refractivity contribution in [1.82, 2.24) is 14.5 Å². The molecule has 1 aliphatic heterocycles. The third-order valence-corrected chi connectivity index (χ3v) is 3.98. The van der Waals surface area contributed by atoms with Crippen LogP contribution in [0.1, 0.15) is 36.0 Å². The highest BCUT2D eigenvalue weighted by atomic mass is 16.4. The van der Waals surface area contributed by atoms with E-state index in [1.54, 1.807) is 4.90 Å². The van der Waals surface area contributed by atoms with E-state index in [2.05, 4.69) is 4.98 Å². The molecule has 120 valence electrons. The lowest BCUT2D eigenvalue weighted by molar-refractivity contribution is -0.137. The van der Waals surface area contributed by atoms with Gasteiger partial charge >= 0.3 is 11.7 Å². The maximum atomic E-state index is 12.4. The molecule has 1 amide bonds. The van der Waals surface area contributed by atoms with Crippen LogP contribution in [-0.4, -0.2) is 44.5 Å². The van der Waals surface area contributed by atoms with Gasteiger partial charge in [-0.2, -0.15) is 0 Å². The third-order valence-electron chi connectivity index (χ3n) is 3.98. The zero-order valence-corrected chi connectivity index (χ0v) is 12.4. The Labute approximate surface area is 126 Å². The molecule has 0 aromatic carbocycles. The largest absolute Gasteiger partial charge is 0.481 e. The van der Waals surface area contributed by atoms with Crippen molar-refractivity contribution < 1.29 is 14.7 Å². The summed E-state index contributed by atoms with van der Waals surface area (Å²) in [7, 11) is 1.31. The van der Waals surface area contributed by atoms with Crippen molar-refractivity contribution in [1.29, 1.82) is 0 Å². The minimum Gasteiger partial charge on any atom is -0.481 e. The topological polar surface area (TPSA) is 112 Å². The predicted octanol–water partition coefficient (Wildman–Crippen LogP) is -0.209. The van der Waals surface area contributed by atoms with Gasteiger partial charge in [0.05, 0.1) is 0 Å². The van der Waals surface area contributed by atoms with Crippen molar-refractivity contribution in [3.05, 3.63) is 32.6 Å². The van der Waals surface area contributed by atoms with E-state index in [0.29, 0.717) is 19.5 Å². The minimum absolute atomic E-state index is 0.0685. The number of piperidine rings is 1. The average molecular weight is 309 g/mol. The van der Waals surface area contributed by atoms with Gasteiger partial charge in [-0.15, -0.1) is 0 Å². The van der Waals surface area contributed by atoms with Crippen molar-refractivity contribution in [2.24, 2.45) is 13.0 Å². The number of carbonyl (C=O) groups is 2. The molecule has 1 aromatic heterocycles. The maximum absolute atomic E-state index is 12.4. The number of nitrogens with zero attached hydrogens (tertiary/aromatic N) is 2. The fourth-order valence-electron chi connectivity index (χ4n) is 2.70. The van der Waals surface area contributed by atoms with Crippen molar-refractivity contribution in [2.45, 2.75) is 25.7 Å². The second-order valence-corrected chi connectivity index (χ2v) is 5.56. The van der Waals surface area contributed by atoms with Crippen LogP contribution in [-0.2, 0) is 11.8 Å². The summed E-state index contributed by atoms with van der Waals surface area (Å²) in [5, 5.41) is 8.73. The highest BCUT2D eigenvalue weighted by Crippen LogP contribution is 2.21. The van der Waals surface area contributed by atoms with Gasteiger partial charge in [0, 0.05) is 32.8 Å². The first-order valence-electron chi connectivity index (χ1n) is 7.20. The van der Waals surface area contributed by atoms with Gasteiger partial charge in [-0.05, 0) is 25.2 Å². The quantitative estimate of drug-likeness (QED) is 0.799. The number of aromatic nitrogens is 2. The van der Waals surface area contributed by atoms with Gasteiger partial charge in [0.1, 0.15) is 5.56 Å². The first-order chi connectivity index (χ1) is 10.4. The van der Waals surface area contributed by atoms with Crippen LogP contribution in [0.25, 0.3) is 0 Å². The Morgan fingerprint density at radius 2 is 2.14 bits per heavy atom. The van der Waals surface area contributed by atoms with Gasteiger partial charge in [0.2, 0.25) is 0 Å². The molecule has 8 nitrogen and oxygen atoms in total. The van der Waals surface area contributed by atoms with E-state index in [-0.39, 0.29) is 17.9 Å². The molecule has 1 atom stereocenters. The van der Waals surface area contributed by atoms with Crippen molar-refractivity contribution >= 4 is 11.9 Å². The molecule has 1 saturated heterocycles. The summed E-state index contributed by atoms with van der Waals surface area (Å²) in [5.41, 5.74) is -1.26. The fourth-order valence-corrected chi connectivity index (χ4v) is 2.70. The molecule has 0 spiro atoms. The molecule has 1 fully saturated rings. The molecule has 22 heavy (non-hydrogen) atoms. The standard InChI is InChI=1S/C14H19N3O5/c1-16-12(20)10(7-15-14(16)22)13(21)17-6-2-3-9(8-17)4-5-11(18)19/h7,9H,2-6,8H2,1H3,(H,15,22)(H,18,19). The maximum Gasteiger partial charge on any atom is 0.328 e. The Hall–Kier alpha value is -2.38. The van der Waals surface area contributed by atoms with Gasteiger partial charge < -0.3 is 15.0 Å². The van der Waals surface area contributed by atoms with E-state index < -0.39 is 23.1 Å². The van der Waals surface area contributed by atoms with Crippen LogP contribution in [0.4, 0.5) is 0 Å². The monoisotopic (exact) mass is 309 g/mol. The second-order valence-electron chi connectivity index (χ2n) is 5.56. The molecule has 8 heteroatoms. The molecular formula is C14H19N3O5. The van der Waals surface area contributed by atoms with E-state index >= 15 is 0 Å². The number of carboxylic acid groups (broad SMARTS) is 1. The zero-order valence-electron chi connectivity index (χ0n) is 12.4. The van der Waals surface area contributed by atoms with Crippen LogP contribution in [0.15, 0.2) is 15.8 Å². The molecule has 2 N–H and O–H groups in total. The summed E-state index contributed by atoms with van der Waals surface area (Å²) < 4.78 is 0.860. The first kappa shape index (κ1) is 16.0. The van der Waals surface area contributed by atoms with Gasteiger partial charge in [0.15, 0.2) is 0 Å². The highest BCUT2D eigenvalue weighted by molar-refractivity contribution is 5.93. The van der Waals surface area contributed by atoms with Crippen LogP contribution in [0.2, 0.25) is 0 Å². The Kier molecular flexibility index (Phi) is 4.79. The number of likely N-dealkylation sites (tertiary alicyclic amines) is 1. The summed E-state index contributed by atoms with van der Waals surface area (Å²) in [4.78, 5) is 50.3. The molecule has 0 bridgehead atoms. The zero-order chi connectivity index (χ0) is 16.3. The molecule has 0 saturated carbocycles.